The van der Waals surface area contributed by atoms with E-state index in [1.165, 1.54) is 6.07 Å². The van der Waals surface area contributed by atoms with E-state index in [0.29, 0.717) is 47.3 Å². The van der Waals surface area contributed by atoms with Crippen LogP contribution >= 0.6 is 23.8 Å². The van der Waals surface area contributed by atoms with E-state index in [1.54, 1.807) is 60.6 Å². The van der Waals surface area contributed by atoms with Crippen molar-refractivity contribution in [2.45, 2.75) is 20.4 Å². The number of pyridine rings is 1. The van der Waals surface area contributed by atoms with Gasteiger partial charge in [-0.25, -0.2) is 4.79 Å². The maximum atomic E-state index is 12.9. The third-order valence-corrected chi connectivity index (χ3v) is 5.36. The number of benzene rings is 2. The first kappa shape index (κ1) is 25.1. The molecule has 3 rings (SSSR count). The van der Waals surface area contributed by atoms with Gasteiger partial charge in [0.25, 0.3) is 5.91 Å². The van der Waals surface area contributed by atoms with Crippen LogP contribution in [0.2, 0.25) is 5.02 Å². The van der Waals surface area contributed by atoms with Gasteiger partial charge in [0.15, 0.2) is 5.11 Å². The normalized spacial score (nSPS) is 10.3. The van der Waals surface area contributed by atoms with E-state index in [4.69, 9.17) is 33.3 Å². The van der Waals surface area contributed by atoms with E-state index in [1.807, 2.05) is 19.1 Å². The smallest absolute Gasteiger partial charge is 0.338 e. The predicted octanol–water partition coefficient (Wildman–Crippen LogP) is 5.03. The summed E-state index contributed by atoms with van der Waals surface area (Å²) in [4.78, 5) is 30.7. The number of thiocarbonyl (C=S) groups is 1. The van der Waals surface area contributed by atoms with Crippen molar-refractivity contribution in [2.75, 3.05) is 18.1 Å². The van der Waals surface area contributed by atoms with Gasteiger partial charge in [-0.3, -0.25) is 15.1 Å². The summed E-state index contributed by atoms with van der Waals surface area (Å²) in [5.41, 5.74) is 2.40. The molecule has 1 heterocycles. The number of ether oxygens (including phenoxy) is 2. The average Bonchev–Trinajstić information content (AvgIpc) is 2.84. The third kappa shape index (κ3) is 6.52. The monoisotopic (exact) mass is 497 g/mol. The Morgan fingerprint density at radius 1 is 1.00 bits per heavy atom. The minimum atomic E-state index is -0.405. The summed E-state index contributed by atoms with van der Waals surface area (Å²) < 4.78 is 10.5. The summed E-state index contributed by atoms with van der Waals surface area (Å²) in [5.74, 6) is -0.305. The van der Waals surface area contributed by atoms with E-state index in [0.717, 1.165) is 5.56 Å². The number of esters is 1. The van der Waals surface area contributed by atoms with Gasteiger partial charge >= 0.3 is 5.97 Å². The van der Waals surface area contributed by atoms with Gasteiger partial charge in [0.1, 0.15) is 5.75 Å². The second kappa shape index (κ2) is 12.1. The molecule has 0 aliphatic rings. The number of anilines is 1. The molecule has 9 heteroatoms. The fraction of sp³-hybridized carbons (Fsp3) is 0.200. The molecule has 0 fully saturated rings. The summed E-state index contributed by atoms with van der Waals surface area (Å²) in [6, 6.07) is 15.3. The quantitative estimate of drug-likeness (QED) is 0.345. The zero-order valence-corrected chi connectivity index (χ0v) is 20.4. The SMILES string of the molecule is CCOC(=O)c1ccc(N(Cc2ccncc2)C(=S)NC(=O)c2ccc(OCC)c(Cl)c2)cc1. The summed E-state index contributed by atoms with van der Waals surface area (Å²) in [6.45, 7) is 4.74. The number of hydrogen-bond acceptors (Lipinski definition) is 6. The van der Waals surface area contributed by atoms with Crippen LogP contribution in [-0.2, 0) is 11.3 Å². The molecular weight excluding hydrogens is 474 g/mol. The standard InChI is InChI=1S/C25H24ClN3O4S/c1-3-32-22-10-7-19(15-21(22)26)23(30)28-25(34)29(16-17-11-13-27-14-12-17)20-8-5-18(6-9-20)24(31)33-4-2/h5-15H,3-4,16H2,1-2H3,(H,28,30,34). The van der Waals surface area contributed by atoms with Gasteiger partial charge in [0, 0.05) is 23.6 Å². The highest BCUT2D eigenvalue weighted by Crippen LogP contribution is 2.25. The lowest BCUT2D eigenvalue weighted by Gasteiger charge is -2.26. The molecule has 1 N–H and O–H groups in total. The van der Waals surface area contributed by atoms with Crippen LogP contribution in [0.5, 0.6) is 5.75 Å². The molecule has 0 aliphatic heterocycles. The lowest BCUT2D eigenvalue weighted by Crippen LogP contribution is -2.42. The first-order chi connectivity index (χ1) is 16.4. The van der Waals surface area contributed by atoms with Crippen molar-refractivity contribution in [3.63, 3.8) is 0 Å². The van der Waals surface area contributed by atoms with Gasteiger partial charge in [-0.1, -0.05) is 11.6 Å². The van der Waals surface area contributed by atoms with E-state index in [2.05, 4.69) is 10.3 Å². The van der Waals surface area contributed by atoms with Gasteiger partial charge in [0.05, 0.1) is 30.3 Å². The Bertz CT molecular complexity index is 1160. The minimum Gasteiger partial charge on any atom is -0.492 e. The molecule has 0 bridgehead atoms. The van der Waals surface area contributed by atoms with Crippen LogP contribution in [0.15, 0.2) is 67.0 Å². The molecule has 0 spiro atoms. The van der Waals surface area contributed by atoms with Crippen molar-refractivity contribution >= 4 is 46.5 Å². The number of nitrogens with zero attached hydrogens (tertiary/aromatic N) is 2. The molecule has 34 heavy (non-hydrogen) atoms. The zero-order chi connectivity index (χ0) is 24.5. The molecule has 0 saturated carbocycles. The zero-order valence-electron chi connectivity index (χ0n) is 18.8. The van der Waals surface area contributed by atoms with Gasteiger partial charge in [0.2, 0.25) is 0 Å². The lowest BCUT2D eigenvalue weighted by atomic mass is 10.1. The number of carbonyl (C=O) groups is 2. The Balaban J connectivity index is 1.83. The van der Waals surface area contributed by atoms with Crippen LogP contribution in [0.1, 0.15) is 40.1 Å². The minimum absolute atomic E-state index is 0.190. The predicted molar refractivity (Wildman–Crippen MR) is 136 cm³/mol. The average molecular weight is 498 g/mol. The Kier molecular flexibility index (Phi) is 8.95. The van der Waals surface area contributed by atoms with Crippen LogP contribution in [-0.4, -0.2) is 35.2 Å². The molecule has 0 saturated heterocycles. The second-order valence-corrected chi connectivity index (χ2v) is 7.84. The van der Waals surface area contributed by atoms with Crippen LogP contribution in [0.25, 0.3) is 0 Å². The molecule has 1 aromatic heterocycles. The summed E-state index contributed by atoms with van der Waals surface area (Å²) in [6.07, 6.45) is 3.36. The number of rotatable bonds is 8. The molecule has 3 aromatic rings. The van der Waals surface area contributed by atoms with Gasteiger partial charge < -0.3 is 14.4 Å². The van der Waals surface area contributed by atoms with Crippen LogP contribution in [0.3, 0.4) is 0 Å². The summed E-state index contributed by atoms with van der Waals surface area (Å²) >= 11 is 11.8. The Morgan fingerprint density at radius 3 is 2.29 bits per heavy atom. The molecule has 176 valence electrons. The van der Waals surface area contributed by atoms with Crippen molar-refractivity contribution in [3.8, 4) is 5.75 Å². The fourth-order valence-electron chi connectivity index (χ4n) is 3.09. The van der Waals surface area contributed by atoms with Gasteiger partial charge in [-0.05, 0) is 86.2 Å². The third-order valence-electron chi connectivity index (χ3n) is 4.74. The number of amides is 1. The van der Waals surface area contributed by atoms with Crippen LogP contribution in [0, 0.1) is 0 Å². The summed E-state index contributed by atoms with van der Waals surface area (Å²) in [7, 11) is 0. The molecule has 0 radical (unpaired) electrons. The lowest BCUT2D eigenvalue weighted by molar-refractivity contribution is 0.0526. The topological polar surface area (TPSA) is 80.8 Å². The molecule has 0 aliphatic carbocycles. The van der Waals surface area contributed by atoms with Gasteiger partial charge in [-0.2, -0.15) is 0 Å². The highest BCUT2D eigenvalue weighted by molar-refractivity contribution is 7.80. The van der Waals surface area contributed by atoms with Crippen LogP contribution < -0.4 is 15.0 Å². The number of nitrogens with one attached hydrogen (secondary N) is 1. The molecular formula is C25H24ClN3O4S. The number of hydrogen-bond donors (Lipinski definition) is 1. The fourth-order valence-corrected chi connectivity index (χ4v) is 3.59. The maximum absolute atomic E-state index is 12.9. The Hall–Kier alpha value is -3.49. The highest BCUT2D eigenvalue weighted by Gasteiger charge is 2.18. The number of aromatic nitrogens is 1. The van der Waals surface area contributed by atoms with Crippen molar-refractivity contribution in [1.82, 2.24) is 10.3 Å². The van der Waals surface area contributed by atoms with Gasteiger partial charge in [-0.15, -0.1) is 0 Å². The number of carbonyl (C=O) groups excluding carboxylic acids is 2. The first-order valence-corrected chi connectivity index (χ1v) is 11.4. The summed E-state index contributed by atoms with van der Waals surface area (Å²) in [5, 5.41) is 3.29. The molecule has 7 nitrogen and oxygen atoms in total. The van der Waals surface area contributed by atoms with E-state index < -0.39 is 11.9 Å². The Morgan fingerprint density at radius 2 is 1.68 bits per heavy atom. The highest BCUT2D eigenvalue weighted by atomic mass is 35.5. The molecule has 0 atom stereocenters. The number of halogens is 1. The van der Waals surface area contributed by atoms with Crippen LogP contribution in [0.4, 0.5) is 5.69 Å². The molecule has 1 amide bonds. The Labute approximate surface area is 208 Å². The van der Waals surface area contributed by atoms with Crippen molar-refractivity contribution in [3.05, 3.63) is 88.7 Å². The van der Waals surface area contributed by atoms with Crippen molar-refractivity contribution < 1.29 is 19.1 Å². The van der Waals surface area contributed by atoms with Crippen molar-refractivity contribution in [2.24, 2.45) is 0 Å². The maximum Gasteiger partial charge on any atom is 0.338 e. The van der Waals surface area contributed by atoms with E-state index in [9.17, 15) is 9.59 Å². The van der Waals surface area contributed by atoms with E-state index >= 15 is 0 Å². The molecule has 0 unspecified atom stereocenters. The first-order valence-electron chi connectivity index (χ1n) is 10.6. The second-order valence-electron chi connectivity index (χ2n) is 7.05. The van der Waals surface area contributed by atoms with E-state index in [-0.39, 0.29) is 5.11 Å². The molecule has 2 aromatic carbocycles. The largest absolute Gasteiger partial charge is 0.492 e. The van der Waals surface area contributed by atoms with Crippen molar-refractivity contribution in [1.29, 1.82) is 0 Å².